The van der Waals surface area contributed by atoms with Gasteiger partial charge in [0, 0.05) is 30.8 Å². The fraction of sp³-hybridized carbons (Fsp3) is 0.235. The van der Waals surface area contributed by atoms with E-state index in [2.05, 4.69) is 15.6 Å². The average Bonchev–Trinajstić information content (AvgIpc) is 2.61. The Morgan fingerprint density at radius 2 is 1.83 bits per heavy atom. The predicted octanol–water partition coefficient (Wildman–Crippen LogP) is 1.86. The zero-order chi connectivity index (χ0) is 17.4. The van der Waals surface area contributed by atoms with Crippen LogP contribution in [0.15, 0.2) is 42.7 Å². The van der Waals surface area contributed by atoms with Gasteiger partial charge in [-0.15, -0.1) is 0 Å². The summed E-state index contributed by atoms with van der Waals surface area (Å²) in [6, 6.07) is 8.36. The third-order valence-corrected chi connectivity index (χ3v) is 3.20. The molecule has 2 amide bonds. The molecule has 2 rings (SSSR count). The summed E-state index contributed by atoms with van der Waals surface area (Å²) in [7, 11) is 3.03. The Kier molecular flexibility index (Phi) is 6.13. The van der Waals surface area contributed by atoms with Gasteiger partial charge in [-0.25, -0.2) is 0 Å². The van der Waals surface area contributed by atoms with E-state index < -0.39 is 0 Å². The lowest BCUT2D eigenvalue weighted by molar-refractivity contribution is -0.116. The third kappa shape index (κ3) is 4.98. The second-order valence-electron chi connectivity index (χ2n) is 4.90. The van der Waals surface area contributed by atoms with Gasteiger partial charge in [-0.3, -0.25) is 14.6 Å². The molecular formula is C17H19N3O4. The van der Waals surface area contributed by atoms with Gasteiger partial charge in [0.2, 0.25) is 5.91 Å². The summed E-state index contributed by atoms with van der Waals surface area (Å²) >= 11 is 0. The lowest BCUT2D eigenvalue weighted by Crippen LogP contribution is -2.27. The monoisotopic (exact) mass is 329 g/mol. The normalized spacial score (nSPS) is 9.92. The summed E-state index contributed by atoms with van der Waals surface area (Å²) in [6.45, 7) is 0.213. The maximum Gasteiger partial charge on any atom is 0.251 e. The van der Waals surface area contributed by atoms with E-state index >= 15 is 0 Å². The molecule has 7 heteroatoms. The number of nitrogens with zero attached hydrogens (tertiary/aromatic N) is 1. The smallest absolute Gasteiger partial charge is 0.251 e. The number of hydrogen-bond acceptors (Lipinski definition) is 5. The highest BCUT2D eigenvalue weighted by Gasteiger charge is 2.10. The topological polar surface area (TPSA) is 89.5 Å². The van der Waals surface area contributed by atoms with E-state index in [9.17, 15) is 9.59 Å². The molecule has 7 nitrogen and oxygen atoms in total. The Labute approximate surface area is 140 Å². The molecule has 0 aliphatic rings. The van der Waals surface area contributed by atoms with E-state index in [1.165, 1.54) is 14.2 Å². The number of pyridine rings is 1. The van der Waals surface area contributed by atoms with Crippen LogP contribution in [0.2, 0.25) is 0 Å². The summed E-state index contributed by atoms with van der Waals surface area (Å²) < 4.78 is 10.3. The van der Waals surface area contributed by atoms with E-state index in [1.54, 1.807) is 42.7 Å². The van der Waals surface area contributed by atoms with E-state index in [4.69, 9.17) is 9.47 Å². The molecule has 0 radical (unpaired) electrons. The molecule has 1 heterocycles. The number of methoxy groups -OCH3 is 2. The van der Waals surface area contributed by atoms with Gasteiger partial charge in [0.1, 0.15) is 11.5 Å². The molecule has 1 aromatic heterocycles. The quantitative estimate of drug-likeness (QED) is 0.809. The highest BCUT2D eigenvalue weighted by atomic mass is 16.5. The zero-order valence-corrected chi connectivity index (χ0v) is 13.5. The van der Waals surface area contributed by atoms with Crippen LogP contribution in [0.4, 0.5) is 5.69 Å². The molecule has 0 aliphatic carbocycles. The lowest BCUT2D eigenvalue weighted by atomic mass is 10.2. The number of hydrogen-bond donors (Lipinski definition) is 2. The van der Waals surface area contributed by atoms with Gasteiger partial charge in [0.25, 0.3) is 5.91 Å². The summed E-state index contributed by atoms with van der Waals surface area (Å²) in [6.07, 6.45) is 3.33. The highest BCUT2D eigenvalue weighted by Crippen LogP contribution is 2.22. The molecule has 24 heavy (non-hydrogen) atoms. The Bertz CT molecular complexity index is 682. The predicted molar refractivity (Wildman–Crippen MR) is 89.4 cm³/mol. The van der Waals surface area contributed by atoms with Crippen molar-refractivity contribution in [2.24, 2.45) is 0 Å². The number of anilines is 1. The first-order valence-electron chi connectivity index (χ1n) is 7.33. The second-order valence-corrected chi connectivity index (χ2v) is 4.90. The molecule has 0 atom stereocenters. The van der Waals surface area contributed by atoms with Crippen LogP contribution in [-0.2, 0) is 4.79 Å². The summed E-state index contributed by atoms with van der Waals surface area (Å²) in [5, 5.41) is 5.39. The first-order chi connectivity index (χ1) is 11.6. The van der Waals surface area contributed by atoms with Crippen LogP contribution >= 0.6 is 0 Å². The molecule has 0 saturated heterocycles. The maximum absolute atomic E-state index is 12.2. The maximum atomic E-state index is 12.2. The number of carbonyl (C=O) groups excluding carboxylic acids is 2. The van der Waals surface area contributed by atoms with Crippen LogP contribution in [0.3, 0.4) is 0 Å². The number of nitrogens with one attached hydrogen (secondary N) is 2. The molecule has 2 N–H and O–H groups in total. The van der Waals surface area contributed by atoms with Crippen LogP contribution in [-0.4, -0.2) is 37.6 Å². The number of amides is 2. The van der Waals surface area contributed by atoms with Crippen LogP contribution in [0, 0.1) is 0 Å². The molecule has 1 aromatic carbocycles. The number of benzene rings is 1. The minimum Gasteiger partial charge on any atom is -0.497 e. The van der Waals surface area contributed by atoms with E-state index in [-0.39, 0.29) is 24.8 Å². The summed E-state index contributed by atoms with van der Waals surface area (Å²) in [5.74, 6) is 0.538. The fourth-order valence-corrected chi connectivity index (χ4v) is 1.99. The molecule has 0 unspecified atom stereocenters. The molecule has 0 spiro atoms. The Morgan fingerprint density at radius 3 is 2.42 bits per heavy atom. The number of aromatic nitrogens is 1. The molecule has 0 fully saturated rings. The minimum atomic E-state index is -0.304. The zero-order valence-electron chi connectivity index (χ0n) is 13.5. The Balaban J connectivity index is 1.86. The molecular weight excluding hydrogens is 310 g/mol. The van der Waals surface area contributed by atoms with Crippen LogP contribution in [0.5, 0.6) is 11.5 Å². The first kappa shape index (κ1) is 17.3. The van der Waals surface area contributed by atoms with Gasteiger partial charge in [-0.05, 0) is 24.3 Å². The largest absolute Gasteiger partial charge is 0.497 e. The minimum absolute atomic E-state index is 0.155. The molecule has 0 aliphatic heterocycles. The van der Waals surface area contributed by atoms with Crippen molar-refractivity contribution in [2.75, 3.05) is 26.1 Å². The van der Waals surface area contributed by atoms with Crippen molar-refractivity contribution in [3.05, 3.63) is 48.3 Å². The first-order valence-corrected chi connectivity index (χ1v) is 7.33. The summed E-state index contributed by atoms with van der Waals surface area (Å²) in [4.78, 5) is 27.9. The van der Waals surface area contributed by atoms with E-state index in [0.717, 1.165) is 0 Å². The van der Waals surface area contributed by atoms with Crippen LogP contribution < -0.4 is 20.1 Å². The Hall–Kier alpha value is -3.09. The van der Waals surface area contributed by atoms with Gasteiger partial charge in [0.05, 0.1) is 26.1 Å². The average molecular weight is 329 g/mol. The van der Waals surface area contributed by atoms with Gasteiger partial charge in [0.15, 0.2) is 0 Å². The molecule has 0 bridgehead atoms. The second kappa shape index (κ2) is 8.52. The highest BCUT2D eigenvalue weighted by molar-refractivity contribution is 5.96. The van der Waals surface area contributed by atoms with Crippen molar-refractivity contribution in [3.63, 3.8) is 0 Å². The van der Waals surface area contributed by atoms with Crippen molar-refractivity contribution in [3.8, 4) is 11.5 Å². The lowest BCUT2D eigenvalue weighted by Gasteiger charge is -2.09. The summed E-state index contributed by atoms with van der Waals surface area (Å²) in [5.41, 5.74) is 1.02. The number of ether oxygens (including phenoxy) is 2. The standard InChI is InChI=1S/C17H19N3O4/c1-23-14-8-12(9-15(10-14)24-2)17(22)19-7-5-16(21)20-13-4-3-6-18-11-13/h3-4,6,8-11H,5,7H2,1-2H3,(H,19,22)(H,20,21). The van der Waals surface area contributed by atoms with Crippen molar-refractivity contribution in [1.29, 1.82) is 0 Å². The fourth-order valence-electron chi connectivity index (χ4n) is 1.99. The van der Waals surface area contributed by atoms with Crippen molar-refractivity contribution < 1.29 is 19.1 Å². The van der Waals surface area contributed by atoms with E-state index in [0.29, 0.717) is 22.7 Å². The molecule has 0 saturated carbocycles. The van der Waals surface area contributed by atoms with Gasteiger partial charge in [-0.2, -0.15) is 0 Å². The number of carbonyl (C=O) groups is 2. The van der Waals surface area contributed by atoms with Crippen LogP contribution in [0.1, 0.15) is 16.8 Å². The number of rotatable bonds is 7. The SMILES string of the molecule is COc1cc(OC)cc(C(=O)NCCC(=O)Nc2cccnc2)c1. The molecule has 2 aromatic rings. The molecule has 126 valence electrons. The van der Waals surface area contributed by atoms with Crippen molar-refractivity contribution >= 4 is 17.5 Å². The third-order valence-electron chi connectivity index (χ3n) is 3.20. The van der Waals surface area contributed by atoms with E-state index in [1.807, 2.05) is 0 Å². The van der Waals surface area contributed by atoms with Gasteiger partial charge >= 0.3 is 0 Å². The van der Waals surface area contributed by atoms with Crippen LogP contribution in [0.25, 0.3) is 0 Å². The van der Waals surface area contributed by atoms with Gasteiger partial charge in [-0.1, -0.05) is 0 Å². The van der Waals surface area contributed by atoms with Crippen molar-refractivity contribution in [2.45, 2.75) is 6.42 Å². The van der Waals surface area contributed by atoms with Gasteiger partial charge < -0.3 is 20.1 Å². The van der Waals surface area contributed by atoms with Crippen molar-refractivity contribution in [1.82, 2.24) is 10.3 Å². The Morgan fingerprint density at radius 1 is 1.12 bits per heavy atom.